The molecule has 0 bridgehead atoms. The van der Waals surface area contributed by atoms with E-state index in [9.17, 15) is 5.11 Å². The molecule has 1 saturated carbocycles. The van der Waals surface area contributed by atoms with Gasteiger partial charge in [0.2, 0.25) is 5.95 Å². The molecule has 0 unspecified atom stereocenters. The van der Waals surface area contributed by atoms with Crippen molar-refractivity contribution in [1.29, 1.82) is 0 Å². The van der Waals surface area contributed by atoms with Gasteiger partial charge in [0, 0.05) is 41.9 Å². The van der Waals surface area contributed by atoms with Crippen molar-refractivity contribution in [1.82, 2.24) is 19.9 Å². The van der Waals surface area contributed by atoms with Gasteiger partial charge in [0.1, 0.15) is 17.3 Å². The van der Waals surface area contributed by atoms with Crippen molar-refractivity contribution in [2.24, 2.45) is 0 Å². The van der Waals surface area contributed by atoms with E-state index in [-0.39, 0.29) is 18.2 Å². The third kappa shape index (κ3) is 7.30. The fourth-order valence-electron chi connectivity index (χ4n) is 4.40. The Bertz CT molecular complexity index is 1440. The summed E-state index contributed by atoms with van der Waals surface area (Å²) < 4.78 is 5.72. The van der Waals surface area contributed by atoms with Gasteiger partial charge in [-0.3, -0.25) is 4.98 Å². The largest absolute Gasteiger partial charge is 0.491 e. The van der Waals surface area contributed by atoms with Crippen LogP contribution in [-0.4, -0.2) is 43.3 Å². The molecule has 0 spiro atoms. The fraction of sp³-hybridized carbons (Fsp3) is 0.290. The summed E-state index contributed by atoms with van der Waals surface area (Å²) in [6.07, 6.45) is 8.50. The average molecular weight is 521 g/mol. The molecule has 0 radical (unpaired) electrons. The Balaban J connectivity index is 1.31. The standard InChI is InChI=1S/C31H32N6O2/c1-21(2)39-27-16-18-32-25(19-27)11-8-22-6-9-24(10-7-22)36-31-34-20-28(29-5-3-4-17-33-29)30(37-31)35-23-12-14-26(38)15-13-23/h3-7,9-10,16-21,23,26,38H,12-15H2,1-2H3,(H2,34,35,36,37). The van der Waals surface area contributed by atoms with Crippen LogP contribution in [0.25, 0.3) is 11.3 Å². The minimum atomic E-state index is -0.214. The molecule has 4 aromatic rings. The Hall–Kier alpha value is -4.48. The lowest BCUT2D eigenvalue weighted by Gasteiger charge is -2.27. The highest BCUT2D eigenvalue weighted by Crippen LogP contribution is 2.29. The number of hydrogen-bond acceptors (Lipinski definition) is 8. The van der Waals surface area contributed by atoms with Crippen LogP contribution in [0.3, 0.4) is 0 Å². The van der Waals surface area contributed by atoms with Crippen LogP contribution in [0, 0.1) is 11.8 Å². The maximum Gasteiger partial charge on any atom is 0.229 e. The number of aliphatic hydroxyl groups excluding tert-OH is 1. The molecule has 0 amide bonds. The monoisotopic (exact) mass is 520 g/mol. The zero-order chi connectivity index (χ0) is 27.0. The fourth-order valence-corrected chi connectivity index (χ4v) is 4.40. The Morgan fingerprint density at radius 1 is 0.923 bits per heavy atom. The zero-order valence-corrected chi connectivity index (χ0v) is 22.1. The van der Waals surface area contributed by atoms with E-state index in [0.717, 1.165) is 59.8 Å². The lowest BCUT2D eigenvalue weighted by molar-refractivity contribution is 0.126. The number of ether oxygens (including phenoxy) is 1. The van der Waals surface area contributed by atoms with Gasteiger partial charge in [-0.05, 0) is 87.9 Å². The van der Waals surface area contributed by atoms with E-state index >= 15 is 0 Å². The van der Waals surface area contributed by atoms with E-state index in [1.165, 1.54) is 0 Å². The summed E-state index contributed by atoms with van der Waals surface area (Å²) in [5, 5.41) is 16.8. The van der Waals surface area contributed by atoms with E-state index in [1.807, 2.05) is 68.4 Å². The molecule has 3 heterocycles. The van der Waals surface area contributed by atoms with Crippen LogP contribution in [0.4, 0.5) is 17.5 Å². The van der Waals surface area contributed by atoms with Crippen molar-refractivity contribution >= 4 is 17.5 Å². The second-order valence-electron chi connectivity index (χ2n) is 9.82. The third-order valence-corrected chi connectivity index (χ3v) is 6.35. The molecule has 5 rings (SSSR count). The summed E-state index contributed by atoms with van der Waals surface area (Å²) in [6, 6.07) is 17.5. The smallest absolute Gasteiger partial charge is 0.229 e. The van der Waals surface area contributed by atoms with Gasteiger partial charge in [-0.1, -0.05) is 12.0 Å². The van der Waals surface area contributed by atoms with Crippen LogP contribution in [0.5, 0.6) is 5.75 Å². The number of aliphatic hydroxyl groups is 1. The number of nitrogens with zero attached hydrogens (tertiary/aromatic N) is 4. The predicted octanol–water partition coefficient (Wildman–Crippen LogP) is 5.58. The van der Waals surface area contributed by atoms with Gasteiger partial charge < -0.3 is 20.5 Å². The van der Waals surface area contributed by atoms with Crippen LogP contribution in [0.15, 0.2) is 73.2 Å². The van der Waals surface area contributed by atoms with E-state index in [4.69, 9.17) is 9.72 Å². The van der Waals surface area contributed by atoms with Crippen molar-refractivity contribution in [2.75, 3.05) is 10.6 Å². The second-order valence-corrected chi connectivity index (χ2v) is 9.82. The third-order valence-electron chi connectivity index (χ3n) is 6.35. The van der Waals surface area contributed by atoms with Gasteiger partial charge in [-0.2, -0.15) is 4.98 Å². The first-order chi connectivity index (χ1) is 19.0. The molecule has 198 valence electrons. The van der Waals surface area contributed by atoms with Crippen molar-refractivity contribution in [3.63, 3.8) is 0 Å². The lowest BCUT2D eigenvalue weighted by atomic mass is 9.93. The van der Waals surface area contributed by atoms with Crippen LogP contribution < -0.4 is 15.4 Å². The van der Waals surface area contributed by atoms with Gasteiger partial charge in [0.25, 0.3) is 0 Å². The van der Waals surface area contributed by atoms with E-state index in [1.54, 1.807) is 18.6 Å². The summed E-state index contributed by atoms with van der Waals surface area (Å²) in [4.78, 5) is 18.2. The summed E-state index contributed by atoms with van der Waals surface area (Å²) in [6.45, 7) is 3.98. The maximum atomic E-state index is 9.89. The molecule has 1 aliphatic rings. The van der Waals surface area contributed by atoms with E-state index in [2.05, 4.69) is 37.4 Å². The molecule has 0 atom stereocenters. The Kier molecular flexibility index (Phi) is 8.29. The number of anilines is 3. The molecule has 0 saturated heterocycles. The van der Waals surface area contributed by atoms with E-state index in [0.29, 0.717) is 11.6 Å². The maximum absolute atomic E-state index is 9.89. The molecule has 39 heavy (non-hydrogen) atoms. The van der Waals surface area contributed by atoms with Crippen LogP contribution in [0.2, 0.25) is 0 Å². The van der Waals surface area contributed by atoms with Gasteiger partial charge in [-0.15, -0.1) is 0 Å². The van der Waals surface area contributed by atoms with Crippen molar-refractivity contribution in [3.8, 4) is 28.8 Å². The van der Waals surface area contributed by atoms with Crippen molar-refractivity contribution < 1.29 is 9.84 Å². The number of nitrogens with one attached hydrogen (secondary N) is 2. The normalized spacial score (nSPS) is 16.7. The van der Waals surface area contributed by atoms with Crippen LogP contribution in [-0.2, 0) is 0 Å². The first-order valence-corrected chi connectivity index (χ1v) is 13.3. The average Bonchev–Trinajstić information content (AvgIpc) is 2.94. The molecule has 0 aliphatic heterocycles. The van der Waals surface area contributed by atoms with Crippen molar-refractivity contribution in [3.05, 3.63) is 84.4 Å². The summed E-state index contributed by atoms with van der Waals surface area (Å²) in [7, 11) is 0. The SMILES string of the molecule is CC(C)Oc1ccnc(C#Cc2ccc(Nc3ncc(-c4ccccn4)c(NC4CCC(O)CC4)n3)cc2)c1. The summed E-state index contributed by atoms with van der Waals surface area (Å²) >= 11 is 0. The minimum Gasteiger partial charge on any atom is -0.491 e. The van der Waals surface area contributed by atoms with Crippen LogP contribution >= 0.6 is 0 Å². The quantitative estimate of drug-likeness (QED) is 0.271. The number of benzene rings is 1. The van der Waals surface area contributed by atoms with Gasteiger partial charge in [-0.25, -0.2) is 9.97 Å². The number of pyridine rings is 2. The molecule has 3 N–H and O–H groups in total. The Morgan fingerprint density at radius 3 is 2.49 bits per heavy atom. The first-order valence-electron chi connectivity index (χ1n) is 13.3. The second kappa shape index (κ2) is 12.4. The number of hydrogen-bond donors (Lipinski definition) is 3. The number of rotatable bonds is 7. The molecular formula is C31H32N6O2. The molecule has 8 nitrogen and oxygen atoms in total. The predicted molar refractivity (Wildman–Crippen MR) is 153 cm³/mol. The Morgan fingerprint density at radius 2 is 1.74 bits per heavy atom. The zero-order valence-electron chi connectivity index (χ0n) is 22.1. The highest BCUT2D eigenvalue weighted by atomic mass is 16.5. The van der Waals surface area contributed by atoms with Crippen LogP contribution in [0.1, 0.15) is 50.8 Å². The summed E-state index contributed by atoms with van der Waals surface area (Å²) in [5.41, 5.74) is 4.02. The topological polar surface area (TPSA) is 105 Å². The number of aromatic nitrogens is 4. The first kappa shape index (κ1) is 26.1. The van der Waals surface area contributed by atoms with Gasteiger partial charge >= 0.3 is 0 Å². The minimum absolute atomic E-state index is 0.0941. The highest BCUT2D eigenvalue weighted by Gasteiger charge is 2.21. The van der Waals surface area contributed by atoms with Gasteiger partial charge in [0.05, 0.1) is 23.5 Å². The lowest BCUT2D eigenvalue weighted by Crippen LogP contribution is -2.29. The highest BCUT2D eigenvalue weighted by molar-refractivity contribution is 5.73. The Labute approximate surface area is 228 Å². The molecular weight excluding hydrogens is 488 g/mol. The van der Waals surface area contributed by atoms with Crippen molar-refractivity contribution in [2.45, 2.75) is 57.8 Å². The molecule has 1 aliphatic carbocycles. The van der Waals surface area contributed by atoms with Gasteiger partial charge in [0.15, 0.2) is 0 Å². The molecule has 1 fully saturated rings. The molecule has 1 aromatic carbocycles. The summed E-state index contributed by atoms with van der Waals surface area (Å²) in [5.74, 6) is 8.22. The molecule has 3 aromatic heterocycles. The molecule has 8 heteroatoms. The van der Waals surface area contributed by atoms with E-state index < -0.39 is 0 Å².